The van der Waals surface area contributed by atoms with E-state index >= 15 is 0 Å². The molecule has 0 aromatic heterocycles. The molecule has 2 rings (SSSR count). The van der Waals surface area contributed by atoms with E-state index < -0.39 is 18.5 Å². The van der Waals surface area contributed by atoms with E-state index in [0.717, 1.165) is 0 Å². The van der Waals surface area contributed by atoms with Gasteiger partial charge in [0.1, 0.15) is 5.75 Å². The fourth-order valence-corrected chi connectivity index (χ4v) is 2.98. The van der Waals surface area contributed by atoms with Gasteiger partial charge in [-0.25, -0.2) is 4.79 Å². The number of esters is 1. The molecule has 0 unspecified atom stereocenters. The summed E-state index contributed by atoms with van der Waals surface area (Å²) in [5.41, 5.74) is 0.880. The fourth-order valence-electron chi connectivity index (χ4n) is 2.72. The number of anilines is 2. The Kier molecular flexibility index (Phi) is 9.35. The summed E-state index contributed by atoms with van der Waals surface area (Å²) in [5.74, 6) is -0.381. The van der Waals surface area contributed by atoms with Crippen LogP contribution in [0, 0.1) is 5.92 Å². The second-order valence-electron chi connectivity index (χ2n) is 7.41. The molecule has 9 nitrogen and oxygen atoms in total. The maximum atomic E-state index is 12.5. The van der Waals surface area contributed by atoms with Crippen molar-refractivity contribution in [3.8, 4) is 17.2 Å². The molecule has 0 spiro atoms. The molecule has 10 heteroatoms. The van der Waals surface area contributed by atoms with Crippen molar-refractivity contribution in [2.45, 2.75) is 20.8 Å². The number of hydrogen-bond donors (Lipinski definition) is 2. The van der Waals surface area contributed by atoms with Crippen LogP contribution in [0.5, 0.6) is 17.2 Å². The highest BCUT2D eigenvalue weighted by Gasteiger charge is 2.19. The molecule has 0 heterocycles. The van der Waals surface area contributed by atoms with Crippen molar-refractivity contribution in [3.05, 3.63) is 40.9 Å². The summed E-state index contributed by atoms with van der Waals surface area (Å²) in [6.07, 6.45) is 0. The van der Waals surface area contributed by atoms with Crippen molar-refractivity contribution < 1.29 is 33.3 Å². The number of benzene rings is 2. The Hall–Kier alpha value is -3.46. The summed E-state index contributed by atoms with van der Waals surface area (Å²) in [5, 5.41) is 5.39. The molecule has 0 saturated carbocycles. The van der Waals surface area contributed by atoms with Crippen LogP contribution in [0.15, 0.2) is 30.3 Å². The molecule has 33 heavy (non-hydrogen) atoms. The predicted molar refractivity (Wildman–Crippen MR) is 125 cm³/mol. The maximum Gasteiger partial charge on any atom is 0.338 e. The molecular weight excluding hydrogens is 452 g/mol. The second kappa shape index (κ2) is 12.0. The van der Waals surface area contributed by atoms with Gasteiger partial charge in [-0.3, -0.25) is 9.59 Å². The summed E-state index contributed by atoms with van der Waals surface area (Å²) < 4.78 is 21.3. The number of ether oxygens (including phenoxy) is 4. The molecular formula is C23H27ClN2O7. The van der Waals surface area contributed by atoms with Gasteiger partial charge in [0.15, 0.2) is 18.1 Å². The van der Waals surface area contributed by atoms with E-state index in [2.05, 4.69) is 10.6 Å². The van der Waals surface area contributed by atoms with Crippen LogP contribution in [0.2, 0.25) is 5.02 Å². The first kappa shape index (κ1) is 25.8. The van der Waals surface area contributed by atoms with Crippen LogP contribution in [0.4, 0.5) is 11.4 Å². The normalized spacial score (nSPS) is 10.4. The van der Waals surface area contributed by atoms with Gasteiger partial charge in [-0.05, 0) is 36.2 Å². The molecule has 0 bridgehead atoms. The van der Waals surface area contributed by atoms with Crippen molar-refractivity contribution in [1.29, 1.82) is 0 Å². The van der Waals surface area contributed by atoms with Crippen molar-refractivity contribution >= 4 is 40.8 Å². The minimum Gasteiger partial charge on any atom is -0.495 e. The van der Waals surface area contributed by atoms with Gasteiger partial charge in [0.2, 0.25) is 5.91 Å². The third-order valence-electron chi connectivity index (χ3n) is 4.15. The Morgan fingerprint density at radius 3 is 2.30 bits per heavy atom. The first-order valence-electron chi connectivity index (χ1n) is 10.1. The summed E-state index contributed by atoms with van der Waals surface area (Å²) in [6.45, 7) is 5.21. The first-order valence-corrected chi connectivity index (χ1v) is 10.4. The summed E-state index contributed by atoms with van der Waals surface area (Å²) in [7, 11) is 2.87. The second-order valence-corrected chi connectivity index (χ2v) is 7.82. The minimum absolute atomic E-state index is 0.104. The molecule has 2 amide bonds. The van der Waals surface area contributed by atoms with E-state index in [1.165, 1.54) is 39.3 Å². The quantitative estimate of drug-likeness (QED) is 0.493. The average Bonchev–Trinajstić information content (AvgIpc) is 2.75. The molecule has 0 radical (unpaired) electrons. The Morgan fingerprint density at radius 2 is 1.70 bits per heavy atom. The van der Waals surface area contributed by atoms with Crippen molar-refractivity contribution in [1.82, 2.24) is 0 Å². The zero-order valence-corrected chi connectivity index (χ0v) is 19.9. The third kappa shape index (κ3) is 7.57. The number of rotatable bonds is 10. The third-order valence-corrected chi connectivity index (χ3v) is 4.44. The Labute approximate surface area is 197 Å². The van der Waals surface area contributed by atoms with Crippen LogP contribution in [-0.4, -0.2) is 45.2 Å². The molecule has 2 aromatic rings. The lowest BCUT2D eigenvalue weighted by molar-refractivity contribution is -0.119. The van der Waals surface area contributed by atoms with Crippen molar-refractivity contribution in [2.75, 3.05) is 38.1 Å². The van der Waals surface area contributed by atoms with Gasteiger partial charge in [0.05, 0.1) is 37.1 Å². The predicted octanol–water partition coefficient (Wildman–Crippen LogP) is 4.15. The number of hydrogen-bond acceptors (Lipinski definition) is 7. The monoisotopic (exact) mass is 478 g/mol. The number of nitrogens with one attached hydrogen (secondary N) is 2. The average molecular weight is 479 g/mol. The summed E-state index contributed by atoms with van der Waals surface area (Å²) in [4.78, 5) is 36.1. The maximum absolute atomic E-state index is 12.5. The van der Waals surface area contributed by atoms with E-state index in [-0.39, 0.29) is 28.2 Å². The highest BCUT2D eigenvalue weighted by Crippen LogP contribution is 2.37. The standard InChI is InChI=1S/C23H27ClN2O7/c1-13(2)11-32-22-17(24)8-15(9-20(22)31-5)23(29)33-12-21(28)26-18-10-16(25-14(3)27)6-7-19(18)30-4/h6-10,13H,11-12H2,1-5H3,(H,25,27)(H,26,28). The molecule has 0 atom stereocenters. The molecule has 0 aliphatic carbocycles. The molecule has 0 aliphatic heterocycles. The van der Waals surface area contributed by atoms with Crippen molar-refractivity contribution in [2.24, 2.45) is 5.92 Å². The molecule has 2 aromatic carbocycles. The topological polar surface area (TPSA) is 112 Å². The van der Waals surface area contributed by atoms with Crippen LogP contribution in [-0.2, 0) is 14.3 Å². The van der Waals surface area contributed by atoms with E-state index in [4.69, 9.17) is 30.5 Å². The highest BCUT2D eigenvalue weighted by atomic mass is 35.5. The van der Waals surface area contributed by atoms with Crippen LogP contribution >= 0.6 is 11.6 Å². The Balaban J connectivity index is 2.06. The lowest BCUT2D eigenvalue weighted by Crippen LogP contribution is -2.21. The number of carbonyl (C=O) groups is 3. The summed E-state index contributed by atoms with van der Waals surface area (Å²) >= 11 is 6.26. The number of halogens is 1. The smallest absolute Gasteiger partial charge is 0.338 e. The molecule has 0 aliphatic rings. The lowest BCUT2D eigenvalue weighted by atomic mass is 10.2. The Morgan fingerprint density at radius 1 is 1.00 bits per heavy atom. The molecule has 0 saturated heterocycles. The SMILES string of the molecule is COc1ccc(NC(C)=O)cc1NC(=O)COC(=O)c1cc(Cl)c(OCC(C)C)c(OC)c1. The largest absolute Gasteiger partial charge is 0.495 e. The molecule has 178 valence electrons. The number of methoxy groups -OCH3 is 2. The van der Waals surface area contributed by atoms with Gasteiger partial charge in [-0.1, -0.05) is 25.4 Å². The highest BCUT2D eigenvalue weighted by molar-refractivity contribution is 6.32. The van der Waals surface area contributed by atoms with E-state index in [1.54, 1.807) is 12.1 Å². The van der Waals surface area contributed by atoms with Crippen molar-refractivity contribution in [3.63, 3.8) is 0 Å². The van der Waals surface area contributed by atoms with Crippen LogP contribution in [0.3, 0.4) is 0 Å². The van der Waals surface area contributed by atoms with Crippen LogP contribution in [0.25, 0.3) is 0 Å². The summed E-state index contributed by atoms with van der Waals surface area (Å²) in [6, 6.07) is 7.56. The van der Waals surface area contributed by atoms with Gasteiger partial charge in [-0.2, -0.15) is 0 Å². The van der Waals surface area contributed by atoms with Crippen LogP contribution in [0.1, 0.15) is 31.1 Å². The van der Waals surface area contributed by atoms with E-state index in [0.29, 0.717) is 29.5 Å². The van der Waals surface area contributed by atoms with Gasteiger partial charge in [0.25, 0.3) is 5.91 Å². The van der Waals surface area contributed by atoms with Gasteiger partial charge >= 0.3 is 5.97 Å². The van der Waals surface area contributed by atoms with E-state index in [1.807, 2.05) is 13.8 Å². The number of carbonyl (C=O) groups excluding carboxylic acids is 3. The van der Waals surface area contributed by atoms with Crippen LogP contribution < -0.4 is 24.8 Å². The zero-order chi connectivity index (χ0) is 24.5. The van der Waals surface area contributed by atoms with Gasteiger partial charge in [-0.15, -0.1) is 0 Å². The fraction of sp³-hybridized carbons (Fsp3) is 0.348. The van der Waals surface area contributed by atoms with Gasteiger partial charge in [0, 0.05) is 12.6 Å². The number of amides is 2. The molecule has 2 N–H and O–H groups in total. The Bertz CT molecular complexity index is 1020. The minimum atomic E-state index is -0.764. The van der Waals surface area contributed by atoms with Gasteiger partial charge < -0.3 is 29.6 Å². The van der Waals surface area contributed by atoms with E-state index in [9.17, 15) is 14.4 Å². The molecule has 0 fully saturated rings. The lowest BCUT2D eigenvalue weighted by Gasteiger charge is -2.15. The first-order chi connectivity index (χ1) is 15.6. The zero-order valence-electron chi connectivity index (χ0n) is 19.1.